The van der Waals surface area contributed by atoms with Crippen molar-refractivity contribution in [1.29, 1.82) is 0 Å². The van der Waals surface area contributed by atoms with Crippen molar-refractivity contribution in [2.45, 2.75) is 12.2 Å². The molecule has 0 aliphatic carbocycles. The third-order valence-electron chi connectivity index (χ3n) is 2.75. The van der Waals surface area contributed by atoms with Crippen LogP contribution in [-0.2, 0) is 9.53 Å². The van der Waals surface area contributed by atoms with Gasteiger partial charge in [0.15, 0.2) is 17.6 Å². The van der Waals surface area contributed by atoms with E-state index in [-0.39, 0.29) is 0 Å². The van der Waals surface area contributed by atoms with Gasteiger partial charge in [-0.3, -0.25) is 0 Å². The summed E-state index contributed by atoms with van der Waals surface area (Å²) in [4.78, 5) is 10.8. The Hall–Kier alpha value is -1.95. The van der Waals surface area contributed by atoms with Crippen LogP contribution in [0.4, 0.5) is 0 Å². The second-order valence-corrected chi connectivity index (χ2v) is 3.77. The Bertz CT molecular complexity index is 445. The van der Waals surface area contributed by atoms with Crippen LogP contribution in [0.1, 0.15) is 11.7 Å². The van der Waals surface area contributed by atoms with Gasteiger partial charge in [-0.1, -0.05) is 0 Å². The monoisotopic (exact) mass is 254 g/mol. The number of benzene rings is 1. The van der Waals surface area contributed by atoms with E-state index in [1.165, 1.54) is 21.3 Å². The Kier molecular flexibility index (Phi) is 3.29. The van der Waals surface area contributed by atoms with E-state index < -0.39 is 18.2 Å². The molecule has 1 heterocycles. The molecule has 1 saturated heterocycles. The van der Waals surface area contributed by atoms with Gasteiger partial charge < -0.3 is 24.1 Å². The van der Waals surface area contributed by atoms with Crippen molar-refractivity contribution < 1.29 is 28.8 Å². The molecule has 2 rings (SSSR count). The number of hydrogen-bond donors (Lipinski definition) is 1. The van der Waals surface area contributed by atoms with E-state index in [9.17, 15) is 4.79 Å². The van der Waals surface area contributed by atoms with Crippen molar-refractivity contribution >= 4 is 5.97 Å². The molecular formula is C12H14O6. The second-order valence-electron chi connectivity index (χ2n) is 3.77. The molecule has 0 bridgehead atoms. The number of carbonyl (C=O) groups is 1. The summed E-state index contributed by atoms with van der Waals surface area (Å²) in [5, 5.41) is 8.83. The third-order valence-corrected chi connectivity index (χ3v) is 2.75. The molecule has 6 heteroatoms. The SMILES string of the molecule is COc1cc(C2OC2C(=O)O)cc(OC)c1OC. The summed E-state index contributed by atoms with van der Waals surface area (Å²) in [5.74, 6) is 0.447. The molecule has 1 fully saturated rings. The summed E-state index contributed by atoms with van der Waals surface area (Å²) >= 11 is 0. The lowest BCUT2D eigenvalue weighted by molar-refractivity contribution is -0.138. The summed E-state index contributed by atoms with van der Waals surface area (Å²) in [6.07, 6.45) is -1.26. The van der Waals surface area contributed by atoms with E-state index in [0.717, 1.165) is 0 Å². The zero-order valence-corrected chi connectivity index (χ0v) is 10.3. The maximum atomic E-state index is 10.8. The minimum absolute atomic E-state index is 0.462. The van der Waals surface area contributed by atoms with Gasteiger partial charge in [-0.15, -0.1) is 0 Å². The number of ether oxygens (including phenoxy) is 4. The minimum Gasteiger partial charge on any atom is -0.493 e. The minimum atomic E-state index is -0.978. The van der Waals surface area contributed by atoms with Crippen LogP contribution in [0.25, 0.3) is 0 Å². The van der Waals surface area contributed by atoms with Crippen LogP contribution >= 0.6 is 0 Å². The average Bonchev–Trinajstić information content (AvgIpc) is 3.17. The molecule has 6 nitrogen and oxygen atoms in total. The smallest absolute Gasteiger partial charge is 0.335 e. The van der Waals surface area contributed by atoms with Gasteiger partial charge in [-0.2, -0.15) is 0 Å². The summed E-state index contributed by atoms with van der Waals surface area (Å²) < 4.78 is 20.6. The van der Waals surface area contributed by atoms with Crippen LogP contribution in [0, 0.1) is 0 Å². The summed E-state index contributed by atoms with van der Waals surface area (Å²) in [6.45, 7) is 0. The van der Waals surface area contributed by atoms with Crippen LogP contribution in [0.5, 0.6) is 17.2 Å². The highest BCUT2D eigenvalue weighted by Crippen LogP contribution is 2.46. The van der Waals surface area contributed by atoms with E-state index in [2.05, 4.69) is 0 Å². The van der Waals surface area contributed by atoms with Crippen LogP contribution in [0.2, 0.25) is 0 Å². The number of rotatable bonds is 5. The topological polar surface area (TPSA) is 77.5 Å². The number of hydrogen-bond acceptors (Lipinski definition) is 5. The highest BCUT2D eigenvalue weighted by Gasteiger charge is 2.47. The van der Waals surface area contributed by atoms with Crippen molar-refractivity contribution in [3.63, 3.8) is 0 Å². The molecule has 1 aromatic rings. The van der Waals surface area contributed by atoms with Crippen molar-refractivity contribution in [3.05, 3.63) is 17.7 Å². The predicted octanol–water partition coefficient (Wildman–Crippen LogP) is 1.24. The van der Waals surface area contributed by atoms with Crippen LogP contribution in [0.3, 0.4) is 0 Å². The third kappa shape index (κ3) is 2.06. The molecule has 98 valence electrons. The zero-order valence-electron chi connectivity index (χ0n) is 10.3. The molecule has 18 heavy (non-hydrogen) atoms. The van der Waals surface area contributed by atoms with Gasteiger partial charge in [0.1, 0.15) is 6.10 Å². The van der Waals surface area contributed by atoms with E-state index in [1.54, 1.807) is 12.1 Å². The van der Waals surface area contributed by atoms with Gasteiger partial charge in [0.05, 0.1) is 21.3 Å². The highest BCUT2D eigenvalue weighted by molar-refractivity contribution is 5.76. The first kappa shape index (κ1) is 12.5. The largest absolute Gasteiger partial charge is 0.493 e. The lowest BCUT2D eigenvalue weighted by Gasteiger charge is -2.13. The molecule has 0 saturated carbocycles. The molecule has 0 radical (unpaired) electrons. The number of epoxide rings is 1. The van der Waals surface area contributed by atoms with Gasteiger partial charge >= 0.3 is 5.97 Å². The Labute approximate surface area is 104 Å². The molecule has 2 atom stereocenters. The molecule has 0 spiro atoms. The first-order valence-corrected chi connectivity index (χ1v) is 5.30. The van der Waals surface area contributed by atoms with Crippen LogP contribution < -0.4 is 14.2 Å². The standard InChI is InChI=1S/C12H14O6/c1-15-7-4-6(9-11(18-9)12(13)14)5-8(16-2)10(7)17-3/h4-5,9,11H,1-3H3,(H,13,14). The molecule has 1 aliphatic heterocycles. The normalized spacial score (nSPS) is 21.3. The van der Waals surface area contributed by atoms with E-state index in [4.69, 9.17) is 24.1 Å². The fourth-order valence-corrected chi connectivity index (χ4v) is 1.82. The Balaban J connectivity index is 2.36. The maximum Gasteiger partial charge on any atom is 0.335 e. The maximum absolute atomic E-state index is 10.8. The Morgan fingerprint density at radius 3 is 2.06 bits per heavy atom. The van der Waals surface area contributed by atoms with Crippen molar-refractivity contribution in [2.24, 2.45) is 0 Å². The number of methoxy groups -OCH3 is 3. The average molecular weight is 254 g/mol. The second kappa shape index (κ2) is 4.73. The molecule has 0 amide bonds. The molecule has 1 aliphatic rings. The summed E-state index contributed by atoms with van der Waals surface area (Å²) in [6, 6.07) is 3.38. The number of aliphatic carboxylic acids is 1. The Morgan fingerprint density at radius 2 is 1.72 bits per heavy atom. The summed E-state index contributed by atoms with van der Waals surface area (Å²) in [5.41, 5.74) is 0.692. The van der Waals surface area contributed by atoms with E-state index in [0.29, 0.717) is 22.8 Å². The predicted molar refractivity (Wildman–Crippen MR) is 61.3 cm³/mol. The van der Waals surface area contributed by atoms with Crippen molar-refractivity contribution in [1.82, 2.24) is 0 Å². The van der Waals surface area contributed by atoms with Crippen LogP contribution in [-0.4, -0.2) is 38.5 Å². The first-order valence-electron chi connectivity index (χ1n) is 5.30. The molecule has 2 unspecified atom stereocenters. The van der Waals surface area contributed by atoms with Gasteiger partial charge in [-0.05, 0) is 17.7 Å². The fourth-order valence-electron chi connectivity index (χ4n) is 1.82. The van der Waals surface area contributed by atoms with Gasteiger partial charge in [0, 0.05) is 0 Å². The zero-order chi connectivity index (χ0) is 13.3. The van der Waals surface area contributed by atoms with E-state index in [1.807, 2.05) is 0 Å². The number of carboxylic acid groups (broad SMARTS) is 1. The highest BCUT2D eigenvalue weighted by atomic mass is 16.6. The van der Waals surface area contributed by atoms with E-state index >= 15 is 0 Å². The fraction of sp³-hybridized carbons (Fsp3) is 0.417. The molecule has 0 aromatic heterocycles. The quantitative estimate of drug-likeness (QED) is 0.796. The van der Waals surface area contributed by atoms with Gasteiger partial charge in [0.25, 0.3) is 0 Å². The molecular weight excluding hydrogens is 240 g/mol. The van der Waals surface area contributed by atoms with Crippen molar-refractivity contribution in [2.75, 3.05) is 21.3 Å². The lowest BCUT2D eigenvalue weighted by atomic mass is 10.1. The summed E-state index contributed by atoms with van der Waals surface area (Å²) in [7, 11) is 4.51. The van der Waals surface area contributed by atoms with Gasteiger partial charge in [-0.25, -0.2) is 4.79 Å². The van der Waals surface area contributed by atoms with Crippen molar-refractivity contribution in [3.8, 4) is 17.2 Å². The lowest BCUT2D eigenvalue weighted by Crippen LogP contribution is -2.05. The molecule has 1 N–H and O–H groups in total. The number of carboxylic acids is 1. The Morgan fingerprint density at radius 1 is 1.17 bits per heavy atom. The first-order chi connectivity index (χ1) is 8.62. The molecule has 1 aromatic carbocycles. The van der Waals surface area contributed by atoms with Crippen LogP contribution in [0.15, 0.2) is 12.1 Å². The van der Waals surface area contributed by atoms with Gasteiger partial charge in [0.2, 0.25) is 5.75 Å².